The highest BCUT2D eigenvalue weighted by Crippen LogP contribution is 2.41. The number of aromatic carboxylic acids is 2. The molecule has 2 amide bonds. The Morgan fingerprint density at radius 1 is 0.578 bits per heavy atom. The third-order valence-corrected chi connectivity index (χ3v) is 8.33. The van der Waals surface area contributed by atoms with Crippen LogP contribution in [-0.4, -0.2) is 144 Å². The molecule has 4 rings (SSSR count). The zero-order valence-corrected chi connectivity index (χ0v) is 36.8. The first-order valence-corrected chi connectivity index (χ1v) is 19.2. The van der Waals surface area contributed by atoms with Crippen LogP contribution in [0.25, 0.3) is 6.08 Å². The molecule has 5 N–H and O–H groups in total. The summed E-state index contributed by atoms with van der Waals surface area (Å²) in [6.45, 7) is 2.32. The molecule has 0 spiro atoms. The van der Waals surface area contributed by atoms with E-state index in [9.17, 15) is 33.9 Å². The van der Waals surface area contributed by atoms with Gasteiger partial charge < -0.3 is 64.2 Å². The minimum atomic E-state index is -1.27. The molecule has 4 aromatic carbocycles. The van der Waals surface area contributed by atoms with Gasteiger partial charge in [0, 0.05) is 24.7 Å². The molecule has 0 atom stereocenters. The molecule has 0 aromatic heterocycles. The number of hydrogen-bond donors (Lipinski definition) is 5. The average Bonchev–Trinajstić information content (AvgIpc) is 3.25. The van der Waals surface area contributed by atoms with Gasteiger partial charge in [-0.15, -0.1) is 0 Å². The molecule has 0 aliphatic rings. The van der Waals surface area contributed by atoms with Gasteiger partial charge in [0.2, 0.25) is 23.3 Å². The van der Waals surface area contributed by atoms with Crippen LogP contribution in [0.2, 0.25) is 0 Å². The van der Waals surface area contributed by atoms with E-state index in [0.717, 1.165) is 12.8 Å². The quantitative estimate of drug-likeness (QED) is 0.0407. The molecule has 0 radical (unpaired) electrons. The molecule has 0 fully saturated rings. The van der Waals surface area contributed by atoms with Crippen LogP contribution in [0.4, 0.5) is 11.4 Å². The lowest BCUT2D eigenvalue weighted by atomic mass is 10.1. The van der Waals surface area contributed by atoms with Crippen molar-refractivity contribution in [3.8, 4) is 34.5 Å². The first kappa shape index (κ1) is 52.5. The zero-order valence-electron chi connectivity index (χ0n) is 36.8. The zero-order chi connectivity index (χ0) is 47.8. The minimum absolute atomic E-state index is 0.0121. The molecule has 4 aromatic rings. The number of carboxylic acid groups (broad SMARTS) is 3. The number of aliphatic carboxylic acids is 1. The Morgan fingerprint density at radius 3 is 1.42 bits per heavy atom. The fraction of sp³-hybridized carbons (Fsp3) is 0.289. The van der Waals surface area contributed by atoms with E-state index in [1.807, 2.05) is 38.0 Å². The van der Waals surface area contributed by atoms with Crippen molar-refractivity contribution in [1.82, 2.24) is 9.80 Å². The van der Waals surface area contributed by atoms with Crippen LogP contribution in [-0.2, 0) is 14.4 Å². The third kappa shape index (κ3) is 17.0. The Bertz CT molecular complexity index is 2240. The van der Waals surface area contributed by atoms with Gasteiger partial charge in [0.1, 0.15) is 19.6 Å². The summed E-state index contributed by atoms with van der Waals surface area (Å²) in [6, 6.07) is 18.8. The summed E-state index contributed by atoms with van der Waals surface area (Å²) < 4.78 is 32.7. The average molecular weight is 891 g/mol. The Morgan fingerprint density at radius 2 is 1.02 bits per heavy atom. The van der Waals surface area contributed by atoms with Crippen molar-refractivity contribution >= 4 is 53.5 Å². The number of ether oxygens (including phenoxy) is 6. The molecular weight excluding hydrogens is 837 g/mol. The first-order chi connectivity index (χ1) is 30.5. The van der Waals surface area contributed by atoms with Crippen molar-refractivity contribution in [1.29, 1.82) is 0 Å². The first-order valence-electron chi connectivity index (χ1n) is 19.2. The van der Waals surface area contributed by atoms with Gasteiger partial charge in [-0.3, -0.25) is 19.2 Å². The van der Waals surface area contributed by atoms with Crippen molar-refractivity contribution in [2.45, 2.75) is 6.42 Å². The summed E-state index contributed by atoms with van der Waals surface area (Å²) in [5, 5.41) is 31.2. The molecule has 0 heterocycles. The number of hydrogen-bond acceptors (Lipinski definition) is 14. The number of aldehydes is 1. The predicted molar refractivity (Wildman–Crippen MR) is 238 cm³/mol. The number of para-hydroxylation sites is 2. The Hall–Kier alpha value is -7.64. The Labute approximate surface area is 370 Å². The van der Waals surface area contributed by atoms with E-state index >= 15 is 0 Å². The second kappa shape index (κ2) is 27.3. The second-order valence-corrected chi connectivity index (χ2v) is 13.5. The maximum Gasteiger partial charge on any atom is 0.337 e. The molecule has 0 aliphatic heterocycles. The van der Waals surface area contributed by atoms with Gasteiger partial charge in [0.05, 0.1) is 56.5 Å². The van der Waals surface area contributed by atoms with E-state index in [2.05, 4.69) is 10.6 Å². The van der Waals surface area contributed by atoms with Crippen LogP contribution in [0.1, 0.15) is 43.1 Å². The monoisotopic (exact) mass is 890 g/mol. The molecule has 0 bridgehead atoms. The molecule has 344 valence electrons. The van der Waals surface area contributed by atoms with Gasteiger partial charge in [-0.05, 0) is 82.8 Å². The van der Waals surface area contributed by atoms with Crippen LogP contribution in [0.3, 0.4) is 0 Å². The molecular formula is C45H54N4O15. The highest BCUT2D eigenvalue weighted by molar-refractivity contribution is 6.06. The van der Waals surface area contributed by atoms with E-state index in [1.165, 1.54) is 57.7 Å². The van der Waals surface area contributed by atoms with Crippen LogP contribution < -0.4 is 39.1 Å². The maximum absolute atomic E-state index is 12.4. The molecule has 0 saturated heterocycles. The fourth-order valence-electron chi connectivity index (χ4n) is 5.24. The number of benzene rings is 4. The van der Waals surface area contributed by atoms with E-state index < -0.39 is 36.1 Å². The third-order valence-electron chi connectivity index (χ3n) is 8.33. The number of methoxy groups -OCH3 is 4. The normalized spacial score (nSPS) is 10.3. The summed E-state index contributed by atoms with van der Waals surface area (Å²) >= 11 is 0. The molecule has 0 aliphatic carbocycles. The lowest BCUT2D eigenvalue weighted by Crippen LogP contribution is -2.20. The standard InChI is InChI=1S/C22H26N2O6.C13H19NO4.C10H9NO5/c1-24(2)13-14-30-20-15(9-11-18(28-3)21(20)29-4)10-12-19(25)23-17-8-6-5-7-16(17)22(26)27;1-14(2)7-8-18-12-10(9-15)5-6-11(16-3)13(12)17-4;12-8(5-9(13)14)11-7-4-2-1-3-6(7)10(15)16/h5-12H,13-14H2,1-4H3,(H,23,25)(H,26,27);5-6,9H,7-8H2,1-4H3;1-4H,5H2,(H,11,12)(H,13,14)(H,15,16)/b12-10+;;. The van der Waals surface area contributed by atoms with E-state index in [4.69, 9.17) is 38.6 Å². The van der Waals surface area contributed by atoms with Gasteiger partial charge in [-0.25, -0.2) is 9.59 Å². The van der Waals surface area contributed by atoms with Crippen LogP contribution in [0.5, 0.6) is 34.5 Å². The van der Waals surface area contributed by atoms with Crippen molar-refractivity contribution < 1.29 is 72.5 Å². The Kier molecular flexibility index (Phi) is 22.4. The smallest absolute Gasteiger partial charge is 0.337 e. The van der Waals surface area contributed by atoms with Crippen LogP contribution in [0, 0.1) is 0 Å². The second-order valence-electron chi connectivity index (χ2n) is 13.5. The minimum Gasteiger partial charge on any atom is -0.493 e. The summed E-state index contributed by atoms with van der Waals surface area (Å²) in [5.74, 6) is -2.02. The summed E-state index contributed by atoms with van der Waals surface area (Å²) in [6.07, 6.45) is 2.92. The molecule has 64 heavy (non-hydrogen) atoms. The number of rotatable bonds is 21. The van der Waals surface area contributed by atoms with E-state index in [1.54, 1.807) is 55.7 Å². The molecule has 0 saturated carbocycles. The Balaban J connectivity index is 0.000000355. The highest BCUT2D eigenvalue weighted by Gasteiger charge is 2.18. The van der Waals surface area contributed by atoms with Gasteiger partial charge in [0.25, 0.3) is 0 Å². The number of carboxylic acids is 3. The highest BCUT2D eigenvalue weighted by atomic mass is 16.5. The van der Waals surface area contributed by atoms with E-state index in [0.29, 0.717) is 65.4 Å². The lowest BCUT2D eigenvalue weighted by molar-refractivity contribution is -0.139. The van der Waals surface area contributed by atoms with Gasteiger partial charge in [-0.2, -0.15) is 0 Å². The molecule has 19 nitrogen and oxygen atoms in total. The van der Waals surface area contributed by atoms with Gasteiger partial charge in [0.15, 0.2) is 29.3 Å². The van der Waals surface area contributed by atoms with Crippen molar-refractivity contribution in [3.63, 3.8) is 0 Å². The number of likely N-dealkylation sites (N-methyl/N-ethyl adjacent to an activating group) is 2. The van der Waals surface area contributed by atoms with Gasteiger partial charge >= 0.3 is 17.9 Å². The number of nitrogens with zero attached hydrogens (tertiary/aromatic N) is 2. The van der Waals surface area contributed by atoms with Crippen LogP contribution >= 0.6 is 0 Å². The topological polar surface area (TPSA) is 249 Å². The summed E-state index contributed by atoms with van der Waals surface area (Å²) in [4.78, 5) is 70.7. The fourth-order valence-corrected chi connectivity index (χ4v) is 5.24. The summed E-state index contributed by atoms with van der Waals surface area (Å²) in [5.41, 5.74) is 1.30. The van der Waals surface area contributed by atoms with Crippen molar-refractivity contribution in [2.24, 2.45) is 0 Å². The maximum atomic E-state index is 12.4. The number of carbonyl (C=O) groups excluding carboxylic acids is 3. The number of nitrogens with one attached hydrogen (secondary N) is 2. The lowest BCUT2D eigenvalue weighted by Gasteiger charge is -2.17. The molecule has 0 unspecified atom stereocenters. The number of anilines is 2. The largest absolute Gasteiger partial charge is 0.493 e. The van der Waals surface area contributed by atoms with Crippen molar-refractivity contribution in [3.05, 3.63) is 101 Å². The van der Waals surface area contributed by atoms with Crippen LogP contribution in [0.15, 0.2) is 78.9 Å². The van der Waals surface area contributed by atoms with Crippen molar-refractivity contribution in [2.75, 3.05) is 93.6 Å². The van der Waals surface area contributed by atoms with Gasteiger partial charge in [-0.1, -0.05) is 24.3 Å². The SMILES string of the molecule is COc1ccc(/C=C/C(=O)Nc2ccccc2C(=O)O)c(OCCN(C)C)c1OC.COc1ccc(C=O)c(OCCN(C)C)c1OC.O=C(O)CC(=O)Nc1ccccc1C(=O)O. The molecule has 19 heteroatoms. The number of amides is 2. The van der Waals surface area contributed by atoms with E-state index in [-0.39, 0.29) is 22.5 Å². The summed E-state index contributed by atoms with van der Waals surface area (Å²) in [7, 11) is 13.9. The number of carbonyl (C=O) groups is 6. The predicted octanol–water partition coefficient (Wildman–Crippen LogP) is 5.25.